The van der Waals surface area contributed by atoms with E-state index in [4.69, 9.17) is 5.11 Å². The Balaban J connectivity index is 3.12. The molecule has 0 aliphatic carbocycles. The molecule has 0 aliphatic heterocycles. The zero-order chi connectivity index (χ0) is 9.14. The summed E-state index contributed by atoms with van der Waals surface area (Å²) >= 11 is 0. The predicted octanol–water partition coefficient (Wildman–Crippen LogP) is 1.86. The summed E-state index contributed by atoms with van der Waals surface area (Å²) in [5, 5.41) is 19.4. The van der Waals surface area contributed by atoms with E-state index in [1.165, 1.54) is 12.1 Å². The van der Waals surface area contributed by atoms with Crippen molar-refractivity contribution < 1.29 is 10.0 Å². The maximum absolute atomic E-state index is 10.3. The Morgan fingerprint density at radius 1 is 1.58 bits per heavy atom. The Kier molecular flexibility index (Phi) is 2.28. The van der Waals surface area contributed by atoms with Crippen molar-refractivity contribution in [1.29, 1.82) is 0 Å². The van der Waals surface area contributed by atoms with Gasteiger partial charge in [-0.2, -0.15) is 0 Å². The van der Waals surface area contributed by atoms with Crippen molar-refractivity contribution in [3.8, 4) is 5.75 Å². The lowest BCUT2D eigenvalue weighted by Crippen LogP contribution is -1.89. The molecule has 4 nitrogen and oxygen atoms in total. The quantitative estimate of drug-likeness (QED) is 0.540. The van der Waals surface area contributed by atoms with Crippen molar-refractivity contribution in [3.63, 3.8) is 0 Å². The minimum atomic E-state index is -0.602. The number of nitro benzene ring substituents is 1. The summed E-state index contributed by atoms with van der Waals surface area (Å²) in [5.41, 5.74) is 0.644. The van der Waals surface area contributed by atoms with Gasteiger partial charge in [-0.25, -0.2) is 0 Å². The van der Waals surface area contributed by atoms with Crippen molar-refractivity contribution >= 4 is 5.69 Å². The second kappa shape index (κ2) is 3.21. The first-order chi connectivity index (χ1) is 5.65. The number of aromatic hydroxyl groups is 1. The lowest BCUT2D eigenvalue weighted by molar-refractivity contribution is -0.385. The molecule has 1 aromatic rings. The van der Waals surface area contributed by atoms with E-state index in [-0.39, 0.29) is 11.4 Å². The summed E-state index contributed by atoms with van der Waals surface area (Å²) in [7, 11) is 0. The van der Waals surface area contributed by atoms with E-state index in [0.29, 0.717) is 0 Å². The first-order valence-corrected chi connectivity index (χ1v) is 3.61. The number of nitro groups is 1. The molecule has 0 fully saturated rings. The van der Waals surface area contributed by atoms with Gasteiger partial charge in [-0.3, -0.25) is 10.1 Å². The van der Waals surface area contributed by atoms with Gasteiger partial charge in [0.2, 0.25) is 0 Å². The largest absolute Gasteiger partial charge is 0.502 e. The van der Waals surface area contributed by atoms with Gasteiger partial charge in [0.05, 0.1) is 4.92 Å². The van der Waals surface area contributed by atoms with Crippen LogP contribution in [0.25, 0.3) is 0 Å². The van der Waals surface area contributed by atoms with Crippen LogP contribution in [-0.4, -0.2) is 10.0 Å². The number of nitrogens with zero attached hydrogens (tertiary/aromatic N) is 1. The highest BCUT2D eigenvalue weighted by molar-refractivity contribution is 5.47. The lowest BCUT2D eigenvalue weighted by Gasteiger charge is -1.98. The number of phenols is 1. The standard InChI is InChI=1S/C8H9NO3/c1-2-6-3-4-7(9(11)12)8(10)5-6/h3-5,10H,2H2,1H3. The van der Waals surface area contributed by atoms with Crippen molar-refractivity contribution in [2.45, 2.75) is 13.3 Å². The lowest BCUT2D eigenvalue weighted by atomic mass is 10.1. The van der Waals surface area contributed by atoms with E-state index in [1.54, 1.807) is 6.07 Å². The summed E-state index contributed by atoms with van der Waals surface area (Å²) < 4.78 is 0. The van der Waals surface area contributed by atoms with Gasteiger partial charge in [-0.05, 0) is 18.1 Å². The summed E-state index contributed by atoms with van der Waals surface area (Å²) in [6.45, 7) is 1.92. The minimum absolute atomic E-state index is 0.243. The van der Waals surface area contributed by atoms with Crippen LogP contribution in [0.4, 0.5) is 5.69 Å². The third kappa shape index (κ3) is 1.53. The second-order valence-electron chi connectivity index (χ2n) is 2.43. The Bertz CT molecular complexity index is 309. The van der Waals surface area contributed by atoms with Crippen LogP contribution in [0.1, 0.15) is 12.5 Å². The number of hydrogen-bond donors (Lipinski definition) is 1. The first kappa shape index (κ1) is 8.52. The van der Waals surface area contributed by atoms with Gasteiger partial charge in [0.15, 0.2) is 5.75 Å². The molecule has 0 heterocycles. The van der Waals surface area contributed by atoms with E-state index in [2.05, 4.69) is 0 Å². The zero-order valence-electron chi connectivity index (χ0n) is 6.65. The van der Waals surface area contributed by atoms with Crippen LogP contribution < -0.4 is 0 Å². The zero-order valence-corrected chi connectivity index (χ0v) is 6.65. The van der Waals surface area contributed by atoms with Crippen LogP contribution in [0.15, 0.2) is 18.2 Å². The Hall–Kier alpha value is -1.58. The average Bonchev–Trinajstić information content (AvgIpc) is 2.03. The van der Waals surface area contributed by atoms with E-state index < -0.39 is 4.92 Å². The molecule has 0 radical (unpaired) electrons. The average molecular weight is 167 g/mol. The van der Waals surface area contributed by atoms with Crippen LogP contribution in [0.2, 0.25) is 0 Å². The molecule has 12 heavy (non-hydrogen) atoms. The topological polar surface area (TPSA) is 63.4 Å². The minimum Gasteiger partial charge on any atom is -0.502 e. The highest BCUT2D eigenvalue weighted by atomic mass is 16.6. The Morgan fingerprint density at radius 3 is 2.67 bits per heavy atom. The molecule has 0 amide bonds. The fraction of sp³-hybridized carbons (Fsp3) is 0.250. The van der Waals surface area contributed by atoms with Crippen LogP contribution in [0, 0.1) is 10.1 Å². The fourth-order valence-electron chi connectivity index (χ4n) is 0.943. The van der Waals surface area contributed by atoms with Gasteiger partial charge < -0.3 is 5.11 Å². The van der Waals surface area contributed by atoms with Crippen molar-refractivity contribution in [3.05, 3.63) is 33.9 Å². The van der Waals surface area contributed by atoms with E-state index in [1.807, 2.05) is 6.92 Å². The number of phenolic OH excluding ortho intramolecular Hbond substituents is 1. The molecule has 0 spiro atoms. The van der Waals surface area contributed by atoms with Crippen LogP contribution in [-0.2, 0) is 6.42 Å². The molecular weight excluding hydrogens is 158 g/mol. The molecule has 0 saturated carbocycles. The summed E-state index contributed by atoms with van der Waals surface area (Å²) in [4.78, 5) is 9.66. The highest BCUT2D eigenvalue weighted by Gasteiger charge is 2.11. The molecule has 4 heteroatoms. The molecule has 64 valence electrons. The van der Waals surface area contributed by atoms with Gasteiger partial charge in [0.25, 0.3) is 0 Å². The summed E-state index contributed by atoms with van der Waals surface area (Å²) in [5.74, 6) is -0.264. The first-order valence-electron chi connectivity index (χ1n) is 3.61. The smallest absolute Gasteiger partial charge is 0.310 e. The maximum Gasteiger partial charge on any atom is 0.310 e. The fourth-order valence-corrected chi connectivity index (χ4v) is 0.943. The van der Waals surface area contributed by atoms with Gasteiger partial charge >= 0.3 is 5.69 Å². The highest BCUT2D eigenvalue weighted by Crippen LogP contribution is 2.26. The van der Waals surface area contributed by atoms with Crippen LogP contribution >= 0.6 is 0 Å². The molecule has 0 bridgehead atoms. The molecule has 1 N–H and O–H groups in total. The van der Waals surface area contributed by atoms with Gasteiger partial charge in [-0.1, -0.05) is 13.0 Å². The molecule has 0 aromatic heterocycles. The monoisotopic (exact) mass is 167 g/mol. The summed E-state index contributed by atoms with van der Waals surface area (Å²) in [6, 6.07) is 4.37. The van der Waals surface area contributed by atoms with Gasteiger partial charge in [0, 0.05) is 6.07 Å². The van der Waals surface area contributed by atoms with E-state index >= 15 is 0 Å². The number of rotatable bonds is 2. The molecule has 0 unspecified atom stereocenters. The molecule has 1 rings (SSSR count). The second-order valence-corrected chi connectivity index (χ2v) is 2.43. The molecule has 0 aliphatic rings. The Labute approximate surface area is 69.6 Å². The molecule has 0 saturated heterocycles. The Morgan fingerprint density at radius 2 is 2.25 bits per heavy atom. The van der Waals surface area contributed by atoms with Crippen LogP contribution in [0.3, 0.4) is 0 Å². The molecule has 1 aromatic carbocycles. The van der Waals surface area contributed by atoms with Crippen LogP contribution in [0.5, 0.6) is 5.75 Å². The van der Waals surface area contributed by atoms with E-state index in [0.717, 1.165) is 12.0 Å². The van der Waals surface area contributed by atoms with Crippen molar-refractivity contribution in [2.75, 3.05) is 0 Å². The molecule has 0 atom stereocenters. The van der Waals surface area contributed by atoms with E-state index in [9.17, 15) is 10.1 Å². The van der Waals surface area contributed by atoms with Gasteiger partial charge in [-0.15, -0.1) is 0 Å². The SMILES string of the molecule is CCc1ccc([N+](=O)[O-])c(O)c1. The predicted molar refractivity (Wildman–Crippen MR) is 44.1 cm³/mol. The summed E-state index contributed by atoms with van der Waals surface area (Å²) in [6.07, 6.45) is 0.756. The van der Waals surface area contributed by atoms with Crippen molar-refractivity contribution in [1.82, 2.24) is 0 Å². The third-order valence-electron chi connectivity index (χ3n) is 1.64. The number of aryl methyl sites for hydroxylation is 1. The van der Waals surface area contributed by atoms with Gasteiger partial charge in [0.1, 0.15) is 0 Å². The number of benzene rings is 1. The third-order valence-corrected chi connectivity index (χ3v) is 1.64. The number of hydrogen-bond acceptors (Lipinski definition) is 3. The normalized spacial score (nSPS) is 9.75. The maximum atomic E-state index is 10.3. The molecular formula is C8H9NO3. The van der Waals surface area contributed by atoms with Crippen molar-refractivity contribution in [2.24, 2.45) is 0 Å².